The molecular weight excluding hydrogens is 238 g/mol. The second kappa shape index (κ2) is 6.91. The number of hydrogen-bond acceptors (Lipinski definition) is 2. The lowest BCUT2D eigenvalue weighted by molar-refractivity contribution is 0.249. The Bertz CT molecular complexity index is 401. The molecule has 2 amide bonds. The molecule has 1 aromatic carbocycles. The molecule has 92 valence electrons. The number of nitrogens with two attached hydrogens (primary N) is 1. The highest BCUT2D eigenvalue weighted by atomic mass is 35.5. The van der Waals surface area contributed by atoms with Crippen LogP contribution in [-0.4, -0.2) is 11.7 Å². The molecule has 4 nitrogen and oxygen atoms in total. The monoisotopic (exact) mass is 253 g/mol. The highest BCUT2D eigenvalue weighted by Gasteiger charge is 2.04. The number of nitrogens with one attached hydrogen (secondary N) is 1. The smallest absolute Gasteiger partial charge is 0.332 e. The van der Waals surface area contributed by atoms with E-state index < -0.39 is 6.03 Å². The summed E-state index contributed by atoms with van der Waals surface area (Å²) in [5, 5.41) is 4.68. The van der Waals surface area contributed by atoms with Crippen LogP contribution in [-0.2, 0) is 0 Å². The minimum Gasteiger partial charge on any atom is -0.350 e. The molecule has 0 heterocycles. The number of primary amides is 1. The lowest BCUT2D eigenvalue weighted by atomic mass is 10.1. The normalized spacial score (nSPS) is 11.3. The van der Waals surface area contributed by atoms with Crippen molar-refractivity contribution < 1.29 is 4.79 Å². The Morgan fingerprint density at radius 1 is 1.41 bits per heavy atom. The molecular formula is C12H16ClN3O. The number of amides is 2. The van der Waals surface area contributed by atoms with Gasteiger partial charge < -0.3 is 5.73 Å². The molecule has 17 heavy (non-hydrogen) atoms. The van der Waals surface area contributed by atoms with Crippen molar-refractivity contribution in [2.75, 3.05) is 0 Å². The van der Waals surface area contributed by atoms with Gasteiger partial charge in [-0.15, -0.1) is 0 Å². The second-order valence-electron chi connectivity index (χ2n) is 3.64. The SMILES string of the molecule is CCCC/C(=N\NC(N)=O)c1ccc(Cl)cc1. The largest absolute Gasteiger partial charge is 0.350 e. The molecule has 0 radical (unpaired) electrons. The summed E-state index contributed by atoms with van der Waals surface area (Å²) in [4.78, 5) is 10.6. The molecule has 1 aromatic rings. The van der Waals surface area contributed by atoms with E-state index >= 15 is 0 Å². The molecule has 0 aliphatic carbocycles. The minimum absolute atomic E-state index is 0.659. The summed E-state index contributed by atoms with van der Waals surface area (Å²) in [6.07, 6.45) is 2.85. The topological polar surface area (TPSA) is 67.5 Å². The van der Waals surface area contributed by atoms with Gasteiger partial charge >= 0.3 is 6.03 Å². The van der Waals surface area contributed by atoms with Gasteiger partial charge in [-0.25, -0.2) is 10.2 Å². The zero-order chi connectivity index (χ0) is 12.7. The first-order valence-corrected chi connectivity index (χ1v) is 5.89. The Kier molecular flexibility index (Phi) is 5.49. The van der Waals surface area contributed by atoms with Crippen molar-refractivity contribution >= 4 is 23.3 Å². The maximum atomic E-state index is 10.6. The van der Waals surface area contributed by atoms with Gasteiger partial charge in [-0.2, -0.15) is 5.10 Å². The van der Waals surface area contributed by atoms with Gasteiger partial charge in [0.15, 0.2) is 0 Å². The van der Waals surface area contributed by atoms with Crippen molar-refractivity contribution in [1.29, 1.82) is 0 Å². The van der Waals surface area contributed by atoms with E-state index in [0.717, 1.165) is 30.5 Å². The number of hydrazone groups is 1. The molecule has 0 saturated heterocycles. The van der Waals surface area contributed by atoms with Gasteiger partial charge in [-0.3, -0.25) is 0 Å². The fourth-order valence-corrected chi connectivity index (χ4v) is 1.50. The molecule has 0 aromatic heterocycles. The fraction of sp³-hybridized carbons (Fsp3) is 0.333. The van der Waals surface area contributed by atoms with Crippen molar-refractivity contribution in [3.05, 3.63) is 34.9 Å². The van der Waals surface area contributed by atoms with E-state index in [2.05, 4.69) is 17.5 Å². The number of benzene rings is 1. The summed E-state index contributed by atoms with van der Waals surface area (Å²) in [6.45, 7) is 2.10. The molecule has 0 saturated carbocycles. The zero-order valence-corrected chi connectivity index (χ0v) is 10.5. The molecule has 0 atom stereocenters. The molecule has 3 N–H and O–H groups in total. The van der Waals surface area contributed by atoms with Crippen LogP contribution in [0.3, 0.4) is 0 Å². The van der Waals surface area contributed by atoms with Gasteiger partial charge in [0.25, 0.3) is 0 Å². The van der Waals surface area contributed by atoms with Crippen molar-refractivity contribution in [1.82, 2.24) is 5.43 Å². The summed E-state index contributed by atoms with van der Waals surface area (Å²) in [5.74, 6) is 0. The van der Waals surface area contributed by atoms with Crippen LogP contribution in [0.5, 0.6) is 0 Å². The van der Waals surface area contributed by atoms with Crippen LogP contribution in [0.2, 0.25) is 5.02 Å². The first-order valence-electron chi connectivity index (χ1n) is 5.51. The lowest BCUT2D eigenvalue weighted by Gasteiger charge is -2.06. The number of unbranched alkanes of at least 4 members (excludes halogenated alkanes) is 1. The van der Waals surface area contributed by atoms with Crippen molar-refractivity contribution in [2.45, 2.75) is 26.2 Å². The number of carbonyl (C=O) groups excluding carboxylic acids is 1. The van der Waals surface area contributed by atoms with Crippen LogP contribution in [0.15, 0.2) is 29.4 Å². The second-order valence-corrected chi connectivity index (χ2v) is 4.08. The van der Waals surface area contributed by atoms with Gasteiger partial charge in [0.05, 0.1) is 5.71 Å². The summed E-state index contributed by atoms with van der Waals surface area (Å²) >= 11 is 5.82. The number of urea groups is 1. The quantitative estimate of drug-likeness (QED) is 0.615. The summed E-state index contributed by atoms with van der Waals surface area (Å²) < 4.78 is 0. The van der Waals surface area contributed by atoms with Crippen LogP contribution >= 0.6 is 11.6 Å². The van der Waals surface area contributed by atoms with E-state index in [-0.39, 0.29) is 0 Å². The number of carbonyl (C=O) groups is 1. The lowest BCUT2D eigenvalue weighted by Crippen LogP contribution is -2.26. The van der Waals surface area contributed by atoms with E-state index in [1.54, 1.807) is 12.1 Å². The minimum atomic E-state index is -0.659. The van der Waals surface area contributed by atoms with Gasteiger partial charge in [-0.05, 0) is 30.5 Å². The Morgan fingerprint density at radius 3 is 2.59 bits per heavy atom. The first kappa shape index (κ1) is 13.5. The average molecular weight is 254 g/mol. The number of rotatable bonds is 5. The van der Waals surface area contributed by atoms with Gasteiger partial charge in [0.1, 0.15) is 0 Å². The first-order chi connectivity index (χ1) is 8.13. The molecule has 0 fully saturated rings. The molecule has 0 aliphatic rings. The fourth-order valence-electron chi connectivity index (χ4n) is 1.37. The summed E-state index contributed by atoms with van der Waals surface area (Å²) in [5.41, 5.74) is 9.00. The Balaban J connectivity index is 2.84. The molecule has 0 unspecified atom stereocenters. The van der Waals surface area contributed by atoms with Crippen LogP contribution in [0.25, 0.3) is 0 Å². The molecule has 0 bridgehead atoms. The molecule has 0 aliphatic heterocycles. The molecule has 5 heteroatoms. The highest BCUT2D eigenvalue weighted by Crippen LogP contribution is 2.13. The van der Waals surface area contributed by atoms with Gasteiger partial charge in [-0.1, -0.05) is 37.1 Å². The maximum Gasteiger partial charge on any atom is 0.332 e. The Morgan fingerprint density at radius 2 is 2.06 bits per heavy atom. The predicted molar refractivity (Wildman–Crippen MR) is 70.2 cm³/mol. The number of halogens is 1. The highest BCUT2D eigenvalue weighted by molar-refractivity contribution is 6.30. The zero-order valence-electron chi connectivity index (χ0n) is 9.74. The van der Waals surface area contributed by atoms with Crippen molar-refractivity contribution in [3.8, 4) is 0 Å². The Hall–Kier alpha value is -1.55. The van der Waals surface area contributed by atoms with E-state index in [0.29, 0.717) is 5.02 Å². The average Bonchev–Trinajstić information content (AvgIpc) is 2.30. The number of nitrogens with zero attached hydrogens (tertiary/aromatic N) is 1. The van der Waals surface area contributed by atoms with Crippen LogP contribution in [0.1, 0.15) is 31.7 Å². The molecule has 0 spiro atoms. The van der Waals surface area contributed by atoms with E-state index in [1.165, 1.54) is 0 Å². The predicted octanol–water partition coefficient (Wildman–Crippen LogP) is 2.90. The third-order valence-corrected chi connectivity index (χ3v) is 2.50. The van der Waals surface area contributed by atoms with Crippen LogP contribution < -0.4 is 11.2 Å². The third kappa shape index (κ3) is 4.87. The van der Waals surface area contributed by atoms with Crippen LogP contribution in [0, 0.1) is 0 Å². The summed E-state index contributed by atoms with van der Waals surface area (Å²) in [6, 6.07) is 6.68. The van der Waals surface area contributed by atoms with Crippen molar-refractivity contribution in [2.24, 2.45) is 10.8 Å². The molecule has 1 rings (SSSR count). The van der Waals surface area contributed by atoms with Crippen molar-refractivity contribution in [3.63, 3.8) is 0 Å². The van der Waals surface area contributed by atoms with Gasteiger partial charge in [0, 0.05) is 5.02 Å². The standard InChI is InChI=1S/C12H16ClN3O/c1-2-3-4-11(15-16-12(14)17)9-5-7-10(13)8-6-9/h5-8H,2-4H2,1H3,(H3,14,16,17)/b15-11+. The van der Waals surface area contributed by atoms with E-state index in [4.69, 9.17) is 17.3 Å². The third-order valence-electron chi connectivity index (χ3n) is 2.25. The summed E-state index contributed by atoms with van der Waals surface area (Å²) in [7, 11) is 0. The van der Waals surface area contributed by atoms with E-state index in [9.17, 15) is 4.79 Å². The van der Waals surface area contributed by atoms with Gasteiger partial charge in [0.2, 0.25) is 0 Å². The van der Waals surface area contributed by atoms with E-state index in [1.807, 2.05) is 12.1 Å². The maximum absolute atomic E-state index is 10.6. The Labute approximate surface area is 106 Å². The van der Waals surface area contributed by atoms with Crippen LogP contribution in [0.4, 0.5) is 4.79 Å². The number of hydrogen-bond donors (Lipinski definition) is 2.